The summed E-state index contributed by atoms with van der Waals surface area (Å²) in [5.41, 5.74) is 6.42. The lowest BCUT2D eigenvalue weighted by Gasteiger charge is -2.08. The first-order chi connectivity index (χ1) is 11.0. The van der Waals surface area contributed by atoms with E-state index < -0.39 is 11.5 Å². The molecular formula is C15H14N4O3S. The van der Waals surface area contributed by atoms with Crippen LogP contribution >= 0.6 is 11.3 Å². The SMILES string of the molecule is COc1cccc(-c2nn(CC(N)=O)c(=O)c3nc(C)sc23)c1. The molecule has 3 aromatic rings. The fraction of sp³-hybridized carbons (Fsp3) is 0.200. The Morgan fingerprint density at radius 2 is 2.22 bits per heavy atom. The molecule has 0 radical (unpaired) electrons. The Kier molecular flexibility index (Phi) is 3.83. The fourth-order valence-corrected chi connectivity index (χ4v) is 3.20. The molecule has 0 bridgehead atoms. The summed E-state index contributed by atoms with van der Waals surface area (Å²) in [6.07, 6.45) is 0. The van der Waals surface area contributed by atoms with Crippen molar-refractivity contribution in [1.82, 2.24) is 14.8 Å². The Bertz CT molecular complexity index is 961. The van der Waals surface area contributed by atoms with E-state index in [0.29, 0.717) is 21.7 Å². The third-order valence-electron chi connectivity index (χ3n) is 3.26. The second kappa shape index (κ2) is 5.81. The van der Waals surface area contributed by atoms with Crippen LogP contribution < -0.4 is 16.0 Å². The number of rotatable bonds is 4. The van der Waals surface area contributed by atoms with Gasteiger partial charge < -0.3 is 10.5 Å². The minimum Gasteiger partial charge on any atom is -0.497 e. The zero-order chi connectivity index (χ0) is 16.6. The van der Waals surface area contributed by atoms with Crippen LogP contribution in [0.5, 0.6) is 5.75 Å². The summed E-state index contributed by atoms with van der Waals surface area (Å²) in [6.45, 7) is 1.53. The van der Waals surface area contributed by atoms with Crippen LogP contribution in [-0.2, 0) is 11.3 Å². The van der Waals surface area contributed by atoms with Gasteiger partial charge in [-0.05, 0) is 19.1 Å². The molecule has 2 heterocycles. The zero-order valence-corrected chi connectivity index (χ0v) is 13.4. The van der Waals surface area contributed by atoms with E-state index in [-0.39, 0.29) is 6.54 Å². The fourth-order valence-electron chi connectivity index (χ4n) is 2.28. The summed E-state index contributed by atoms with van der Waals surface area (Å²) >= 11 is 1.38. The summed E-state index contributed by atoms with van der Waals surface area (Å²) in [5.74, 6) is 0.0360. The molecule has 1 amide bonds. The van der Waals surface area contributed by atoms with Crippen molar-refractivity contribution in [3.63, 3.8) is 0 Å². The van der Waals surface area contributed by atoms with Crippen molar-refractivity contribution >= 4 is 27.5 Å². The van der Waals surface area contributed by atoms with Crippen LogP contribution in [0.1, 0.15) is 5.01 Å². The molecule has 1 aromatic carbocycles. The number of carbonyl (C=O) groups is 1. The number of methoxy groups -OCH3 is 1. The van der Waals surface area contributed by atoms with Gasteiger partial charge in [0.15, 0.2) is 5.52 Å². The van der Waals surface area contributed by atoms with E-state index in [9.17, 15) is 9.59 Å². The Labute approximate surface area is 135 Å². The first-order valence-electron chi connectivity index (χ1n) is 6.80. The molecule has 2 N–H and O–H groups in total. The number of amides is 1. The number of aryl methyl sites for hydroxylation is 1. The maximum atomic E-state index is 12.4. The lowest BCUT2D eigenvalue weighted by molar-refractivity contribution is -0.118. The van der Waals surface area contributed by atoms with Crippen molar-refractivity contribution in [3.8, 4) is 17.0 Å². The molecule has 0 aliphatic heterocycles. The highest BCUT2D eigenvalue weighted by molar-refractivity contribution is 7.19. The van der Waals surface area contributed by atoms with E-state index in [1.165, 1.54) is 11.3 Å². The number of hydrogen-bond acceptors (Lipinski definition) is 6. The summed E-state index contributed by atoms with van der Waals surface area (Å²) in [7, 11) is 1.58. The molecule has 0 spiro atoms. The largest absolute Gasteiger partial charge is 0.497 e. The number of primary amides is 1. The molecule has 8 heteroatoms. The van der Waals surface area contributed by atoms with Gasteiger partial charge in [0.05, 0.1) is 16.8 Å². The average molecular weight is 330 g/mol. The molecule has 0 aliphatic rings. The van der Waals surface area contributed by atoms with Gasteiger partial charge in [-0.15, -0.1) is 11.3 Å². The van der Waals surface area contributed by atoms with Gasteiger partial charge in [0.25, 0.3) is 5.56 Å². The van der Waals surface area contributed by atoms with Crippen LogP contribution in [0.4, 0.5) is 0 Å². The second-order valence-corrected chi connectivity index (χ2v) is 6.12. The lowest BCUT2D eigenvalue weighted by atomic mass is 10.1. The van der Waals surface area contributed by atoms with Gasteiger partial charge in [0, 0.05) is 5.56 Å². The van der Waals surface area contributed by atoms with Crippen molar-refractivity contribution in [1.29, 1.82) is 0 Å². The van der Waals surface area contributed by atoms with E-state index in [1.54, 1.807) is 7.11 Å². The van der Waals surface area contributed by atoms with Gasteiger partial charge in [-0.1, -0.05) is 12.1 Å². The quantitative estimate of drug-likeness (QED) is 0.777. The predicted octanol–water partition coefficient (Wildman–Crippen LogP) is 1.32. The van der Waals surface area contributed by atoms with Gasteiger partial charge in [0.2, 0.25) is 5.91 Å². The Hall–Kier alpha value is -2.74. The van der Waals surface area contributed by atoms with Crippen molar-refractivity contribution in [2.75, 3.05) is 7.11 Å². The predicted molar refractivity (Wildman–Crippen MR) is 87.6 cm³/mol. The van der Waals surface area contributed by atoms with Crippen molar-refractivity contribution in [2.45, 2.75) is 13.5 Å². The summed E-state index contributed by atoms with van der Waals surface area (Å²) in [5, 5.41) is 5.07. The molecule has 0 atom stereocenters. The minimum absolute atomic E-state index is 0.289. The number of benzene rings is 1. The molecule has 0 aliphatic carbocycles. The third-order valence-corrected chi connectivity index (χ3v) is 4.23. The van der Waals surface area contributed by atoms with Crippen molar-refractivity contribution in [2.24, 2.45) is 5.73 Å². The molecule has 23 heavy (non-hydrogen) atoms. The normalized spacial score (nSPS) is 10.9. The van der Waals surface area contributed by atoms with E-state index in [4.69, 9.17) is 10.5 Å². The van der Waals surface area contributed by atoms with Gasteiger partial charge in [-0.3, -0.25) is 9.59 Å². The average Bonchev–Trinajstić information content (AvgIpc) is 2.92. The highest BCUT2D eigenvalue weighted by Gasteiger charge is 2.17. The Morgan fingerprint density at radius 3 is 2.91 bits per heavy atom. The van der Waals surface area contributed by atoms with E-state index in [1.807, 2.05) is 31.2 Å². The van der Waals surface area contributed by atoms with Crippen LogP contribution in [-0.4, -0.2) is 27.8 Å². The maximum absolute atomic E-state index is 12.4. The van der Waals surface area contributed by atoms with Crippen molar-refractivity contribution in [3.05, 3.63) is 39.6 Å². The first-order valence-corrected chi connectivity index (χ1v) is 7.62. The molecule has 7 nitrogen and oxygen atoms in total. The zero-order valence-electron chi connectivity index (χ0n) is 12.6. The van der Waals surface area contributed by atoms with E-state index >= 15 is 0 Å². The summed E-state index contributed by atoms with van der Waals surface area (Å²) < 4.78 is 6.97. The standard InChI is InChI=1S/C15H14N4O3S/c1-8-17-13-14(23-8)12(9-4-3-5-10(6-9)22-2)18-19(15(13)21)7-11(16)20/h3-6H,7H2,1-2H3,(H2,16,20). The van der Waals surface area contributed by atoms with Crippen molar-refractivity contribution < 1.29 is 9.53 Å². The molecule has 0 unspecified atom stereocenters. The molecule has 0 saturated heterocycles. The number of carbonyl (C=O) groups excluding carboxylic acids is 1. The van der Waals surface area contributed by atoms with Gasteiger partial charge in [-0.2, -0.15) is 5.10 Å². The lowest BCUT2D eigenvalue weighted by Crippen LogP contribution is -2.30. The van der Waals surface area contributed by atoms with Gasteiger partial charge >= 0.3 is 0 Å². The first kappa shape index (κ1) is 15.2. The number of hydrogen-bond donors (Lipinski definition) is 1. The molecule has 0 fully saturated rings. The van der Waals surface area contributed by atoms with Crippen LogP contribution in [0.2, 0.25) is 0 Å². The van der Waals surface area contributed by atoms with Crippen LogP contribution in [0, 0.1) is 6.92 Å². The van der Waals surface area contributed by atoms with Gasteiger partial charge in [0.1, 0.15) is 18.0 Å². The number of nitrogens with two attached hydrogens (primary N) is 1. The van der Waals surface area contributed by atoms with Crippen LogP contribution in [0.25, 0.3) is 21.5 Å². The van der Waals surface area contributed by atoms with Crippen LogP contribution in [0.3, 0.4) is 0 Å². The molecule has 3 rings (SSSR count). The highest BCUT2D eigenvalue weighted by atomic mass is 32.1. The number of aromatic nitrogens is 3. The summed E-state index contributed by atoms with van der Waals surface area (Å²) in [6, 6.07) is 7.32. The number of nitrogens with zero attached hydrogens (tertiary/aromatic N) is 3. The Morgan fingerprint density at radius 1 is 1.43 bits per heavy atom. The number of ether oxygens (including phenoxy) is 1. The third kappa shape index (κ3) is 2.80. The molecule has 2 aromatic heterocycles. The maximum Gasteiger partial charge on any atom is 0.294 e. The number of thiazole rings is 1. The van der Waals surface area contributed by atoms with Gasteiger partial charge in [-0.25, -0.2) is 9.67 Å². The monoisotopic (exact) mass is 330 g/mol. The molecular weight excluding hydrogens is 316 g/mol. The second-order valence-electron chi connectivity index (χ2n) is 4.92. The smallest absolute Gasteiger partial charge is 0.294 e. The Balaban J connectivity index is 2.31. The minimum atomic E-state index is -0.637. The summed E-state index contributed by atoms with van der Waals surface area (Å²) in [4.78, 5) is 27.9. The molecule has 0 saturated carbocycles. The van der Waals surface area contributed by atoms with E-state index in [2.05, 4.69) is 10.1 Å². The topological polar surface area (TPSA) is 100 Å². The van der Waals surface area contributed by atoms with Crippen LogP contribution in [0.15, 0.2) is 29.1 Å². The van der Waals surface area contributed by atoms with E-state index in [0.717, 1.165) is 15.3 Å². The number of fused-ring (bicyclic) bond motifs is 1. The highest BCUT2D eigenvalue weighted by Crippen LogP contribution is 2.31. The molecule has 118 valence electrons.